The van der Waals surface area contributed by atoms with Crippen LogP contribution in [0.25, 0.3) is 0 Å². The Kier molecular flexibility index (Phi) is 7.85. The van der Waals surface area contributed by atoms with Crippen molar-refractivity contribution in [2.75, 3.05) is 38.2 Å². The van der Waals surface area contributed by atoms with Gasteiger partial charge in [0.1, 0.15) is 11.5 Å². The van der Waals surface area contributed by atoms with Crippen molar-refractivity contribution in [3.8, 4) is 11.5 Å². The van der Waals surface area contributed by atoms with Gasteiger partial charge in [-0.25, -0.2) is 0 Å². The van der Waals surface area contributed by atoms with Crippen LogP contribution < -0.4 is 14.4 Å². The normalized spacial score (nSPS) is 15.9. The number of piperazine rings is 1. The molecule has 0 aromatic heterocycles. The molecule has 0 spiro atoms. The molecule has 2 aromatic rings. The molecular weight excluding hydrogens is 375 g/mol. The highest BCUT2D eigenvalue weighted by Crippen LogP contribution is 2.29. The first-order valence-corrected chi connectivity index (χ1v) is 8.78. The molecule has 0 amide bonds. The van der Waals surface area contributed by atoms with Gasteiger partial charge in [0.05, 0.1) is 12.8 Å². The second-order valence-corrected chi connectivity index (χ2v) is 6.33. The molecule has 1 N–H and O–H groups in total. The van der Waals surface area contributed by atoms with Crippen LogP contribution in [-0.4, -0.2) is 49.0 Å². The van der Waals surface area contributed by atoms with Gasteiger partial charge in [-0.15, -0.1) is 12.4 Å². The number of hydrogen-bond donors (Lipinski definition) is 1. The number of para-hydroxylation sites is 3. The standard InChI is InChI=1S/C19H23ClN2O3.ClH/c1-24-18-9-5-3-7-16(18)22-12-10-21(11-13-22)14-15-6-2-4-8-17(15)25-19(20)23;/h2-9,19,23H,10-14H2,1H3;1H. The molecule has 0 radical (unpaired) electrons. The van der Waals surface area contributed by atoms with Crippen LogP contribution in [0.1, 0.15) is 5.56 Å². The number of methoxy groups -OCH3 is 1. The highest BCUT2D eigenvalue weighted by atomic mass is 35.5. The van der Waals surface area contributed by atoms with Crippen molar-refractivity contribution in [2.45, 2.75) is 12.3 Å². The number of benzene rings is 2. The predicted molar refractivity (Wildman–Crippen MR) is 107 cm³/mol. The summed E-state index contributed by atoms with van der Waals surface area (Å²) in [6.45, 7) is 4.51. The van der Waals surface area contributed by atoms with Crippen molar-refractivity contribution < 1.29 is 14.6 Å². The summed E-state index contributed by atoms with van der Waals surface area (Å²) in [6.07, 6.45) is 0. The number of ether oxygens (including phenoxy) is 2. The first-order chi connectivity index (χ1) is 12.2. The van der Waals surface area contributed by atoms with Gasteiger partial charge in [-0.3, -0.25) is 4.90 Å². The molecule has 1 unspecified atom stereocenters. The molecule has 26 heavy (non-hydrogen) atoms. The van der Waals surface area contributed by atoms with Crippen LogP contribution in [0.5, 0.6) is 11.5 Å². The van der Waals surface area contributed by atoms with Gasteiger partial charge in [0.25, 0.3) is 5.75 Å². The van der Waals surface area contributed by atoms with Crippen LogP contribution in [0.3, 0.4) is 0 Å². The molecule has 2 aromatic carbocycles. The average Bonchev–Trinajstić information content (AvgIpc) is 2.63. The summed E-state index contributed by atoms with van der Waals surface area (Å²) < 4.78 is 10.7. The first kappa shape index (κ1) is 20.6. The van der Waals surface area contributed by atoms with Crippen molar-refractivity contribution in [3.63, 3.8) is 0 Å². The van der Waals surface area contributed by atoms with E-state index in [0.29, 0.717) is 5.75 Å². The van der Waals surface area contributed by atoms with E-state index < -0.39 is 5.75 Å². The topological polar surface area (TPSA) is 45.2 Å². The lowest BCUT2D eigenvalue weighted by molar-refractivity contribution is 0.0537. The van der Waals surface area contributed by atoms with Gasteiger partial charge >= 0.3 is 0 Å². The maximum atomic E-state index is 9.26. The Morgan fingerprint density at radius 1 is 1.00 bits per heavy atom. The lowest BCUT2D eigenvalue weighted by Crippen LogP contribution is -2.46. The summed E-state index contributed by atoms with van der Waals surface area (Å²) in [6, 6.07) is 15.8. The highest BCUT2D eigenvalue weighted by Gasteiger charge is 2.20. The van der Waals surface area contributed by atoms with Crippen molar-refractivity contribution in [1.82, 2.24) is 4.90 Å². The minimum atomic E-state index is -1.33. The van der Waals surface area contributed by atoms with E-state index in [4.69, 9.17) is 21.1 Å². The molecule has 0 aliphatic carbocycles. The van der Waals surface area contributed by atoms with Gasteiger partial charge in [0.2, 0.25) is 0 Å². The fourth-order valence-corrected chi connectivity index (χ4v) is 3.23. The number of rotatable bonds is 6. The third-order valence-electron chi connectivity index (χ3n) is 4.39. The third kappa shape index (κ3) is 5.17. The summed E-state index contributed by atoms with van der Waals surface area (Å²) in [7, 11) is 1.71. The maximum absolute atomic E-state index is 9.26. The Bertz CT molecular complexity index is 692. The number of aliphatic hydroxyl groups excluding tert-OH is 1. The van der Waals surface area contributed by atoms with E-state index in [-0.39, 0.29) is 12.4 Å². The number of hydrogen-bond acceptors (Lipinski definition) is 5. The summed E-state index contributed by atoms with van der Waals surface area (Å²) in [5, 5.41) is 9.26. The number of aliphatic hydroxyl groups is 1. The minimum Gasteiger partial charge on any atom is -0.495 e. The Hall–Kier alpha value is -1.66. The largest absolute Gasteiger partial charge is 0.495 e. The van der Waals surface area contributed by atoms with Crippen LogP contribution in [0.15, 0.2) is 48.5 Å². The van der Waals surface area contributed by atoms with E-state index in [0.717, 1.165) is 49.7 Å². The van der Waals surface area contributed by atoms with Crippen molar-refractivity contribution in [2.24, 2.45) is 0 Å². The molecule has 1 atom stereocenters. The molecule has 1 aliphatic heterocycles. The molecule has 1 heterocycles. The van der Waals surface area contributed by atoms with E-state index in [2.05, 4.69) is 15.9 Å². The van der Waals surface area contributed by atoms with Crippen LogP contribution in [0, 0.1) is 0 Å². The summed E-state index contributed by atoms with van der Waals surface area (Å²) in [4.78, 5) is 4.72. The second-order valence-electron chi connectivity index (χ2n) is 5.95. The third-order valence-corrected chi connectivity index (χ3v) is 4.48. The van der Waals surface area contributed by atoms with Crippen LogP contribution in [0.4, 0.5) is 5.69 Å². The zero-order valence-electron chi connectivity index (χ0n) is 14.7. The van der Waals surface area contributed by atoms with E-state index in [1.54, 1.807) is 7.11 Å². The van der Waals surface area contributed by atoms with Gasteiger partial charge in [0, 0.05) is 38.3 Å². The number of anilines is 1. The van der Waals surface area contributed by atoms with Gasteiger partial charge in [-0.1, -0.05) is 30.3 Å². The van der Waals surface area contributed by atoms with Crippen molar-refractivity contribution in [3.05, 3.63) is 54.1 Å². The molecule has 1 fully saturated rings. The van der Waals surface area contributed by atoms with E-state index in [9.17, 15) is 5.11 Å². The summed E-state index contributed by atoms with van der Waals surface area (Å²) >= 11 is 5.54. The van der Waals surface area contributed by atoms with E-state index >= 15 is 0 Å². The average molecular weight is 399 g/mol. The Morgan fingerprint density at radius 3 is 2.27 bits per heavy atom. The second kappa shape index (κ2) is 9.88. The Labute approximate surface area is 165 Å². The quantitative estimate of drug-likeness (QED) is 0.597. The molecule has 7 heteroatoms. The SMILES string of the molecule is COc1ccccc1N1CCN(Cc2ccccc2OC(O)Cl)CC1.Cl. The minimum absolute atomic E-state index is 0. The predicted octanol–water partition coefficient (Wildman–Crippen LogP) is 3.33. The molecule has 5 nitrogen and oxygen atoms in total. The lowest BCUT2D eigenvalue weighted by atomic mass is 10.1. The van der Waals surface area contributed by atoms with Gasteiger partial charge in [-0.2, -0.15) is 0 Å². The number of halogens is 2. The molecule has 142 valence electrons. The molecule has 1 aliphatic rings. The van der Waals surface area contributed by atoms with Crippen LogP contribution in [-0.2, 0) is 6.54 Å². The van der Waals surface area contributed by atoms with Crippen molar-refractivity contribution >= 4 is 29.7 Å². The van der Waals surface area contributed by atoms with Gasteiger partial charge in [-0.05, 0) is 29.8 Å². The molecule has 3 rings (SSSR count). The molecule has 1 saturated heterocycles. The fourth-order valence-electron chi connectivity index (χ4n) is 3.13. The highest BCUT2D eigenvalue weighted by molar-refractivity contribution is 6.18. The van der Waals surface area contributed by atoms with Gasteiger partial charge < -0.3 is 19.5 Å². The fraction of sp³-hybridized carbons (Fsp3) is 0.368. The molecular formula is C19H24Cl2N2O3. The van der Waals surface area contributed by atoms with E-state index in [1.807, 2.05) is 42.5 Å². The van der Waals surface area contributed by atoms with Gasteiger partial charge in [0.15, 0.2) is 0 Å². The smallest absolute Gasteiger partial charge is 0.277 e. The molecule has 0 bridgehead atoms. The first-order valence-electron chi connectivity index (χ1n) is 8.34. The van der Waals surface area contributed by atoms with Crippen LogP contribution >= 0.6 is 24.0 Å². The Morgan fingerprint density at radius 2 is 1.62 bits per heavy atom. The lowest BCUT2D eigenvalue weighted by Gasteiger charge is -2.36. The zero-order chi connectivity index (χ0) is 17.6. The number of nitrogens with zero attached hydrogens (tertiary/aromatic N) is 2. The Balaban J connectivity index is 0.00000243. The number of alkyl halides is 1. The summed E-state index contributed by atoms with van der Waals surface area (Å²) in [5.74, 6) is 0.200. The maximum Gasteiger partial charge on any atom is 0.277 e. The molecule has 0 saturated carbocycles. The monoisotopic (exact) mass is 398 g/mol. The van der Waals surface area contributed by atoms with E-state index in [1.165, 1.54) is 0 Å². The zero-order valence-corrected chi connectivity index (χ0v) is 16.2. The summed E-state index contributed by atoms with van der Waals surface area (Å²) in [5.41, 5.74) is 2.16. The van der Waals surface area contributed by atoms with Crippen molar-refractivity contribution in [1.29, 1.82) is 0 Å². The van der Waals surface area contributed by atoms with Crippen LogP contribution in [0.2, 0.25) is 0 Å².